The lowest BCUT2D eigenvalue weighted by molar-refractivity contribution is 0.659. The molecule has 2 aliphatic carbocycles. The molecule has 0 atom stereocenters. The van der Waals surface area contributed by atoms with E-state index < -0.39 is 0 Å². The van der Waals surface area contributed by atoms with Crippen molar-refractivity contribution in [1.82, 2.24) is 9.13 Å². The van der Waals surface area contributed by atoms with Crippen molar-refractivity contribution in [3.63, 3.8) is 0 Å². The topological polar surface area (TPSA) is 9.86 Å². The minimum absolute atomic E-state index is 0.154. The summed E-state index contributed by atoms with van der Waals surface area (Å²) in [5.74, 6) is 0. The third-order valence-electron chi connectivity index (χ3n) is 16.9. The molecule has 0 spiro atoms. The fraction of sp³-hybridized carbons (Fsp3) is 0.0833. The molecule has 0 saturated carbocycles. The molecular formula is C72H52N2. The maximum Gasteiger partial charge on any atom is 0.0541 e. The Kier molecular flexibility index (Phi) is 9.09. The first kappa shape index (κ1) is 42.7. The molecule has 0 aliphatic heterocycles. The van der Waals surface area contributed by atoms with Crippen LogP contribution in [-0.4, -0.2) is 9.13 Å². The molecule has 0 N–H and O–H groups in total. The Morgan fingerprint density at radius 1 is 0.297 bits per heavy atom. The van der Waals surface area contributed by atoms with Crippen LogP contribution in [0, 0.1) is 0 Å². The van der Waals surface area contributed by atoms with Crippen LogP contribution < -0.4 is 0 Å². The first-order valence-electron chi connectivity index (χ1n) is 26.1. The van der Waals surface area contributed by atoms with Gasteiger partial charge in [0.25, 0.3) is 0 Å². The minimum atomic E-state index is -0.172. The molecule has 74 heavy (non-hydrogen) atoms. The summed E-state index contributed by atoms with van der Waals surface area (Å²) >= 11 is 0. The zero-order chi connectivity index (χ0) is 49.5. The molecule has 13 aromatic rings. The van der Waals surface area contributed by atoms with Crippen LogP contribution in [0.3, 0.4) is 0 Å². The van der Waals surface area contributed by atoms with Crippen LogP contribution in [0.4, 0.5) is 0 Å². The molecular weight excluding hydrogens is 893 g/mol. The van der Waals surface area contributed by atoms with Gasteiger partial charge >= 0.3 is 0 Å². The van der Waals surface area contributed by atoms with E-state index in [0.29, 0.717) is 0 Å². The van der Waals surface area contributed by atoms with Gasteiger partial charge in [0.2, 0.25) is 0 Å². The number of para-hydroxylation sites is 3. The quantitative estimate of drug-likeness (QED) is 0.147. The van der Waals surface area contributed by atoms with Gasteiger partial charge in [-0.15, -0.1) is 0 Å². The van der Waals surface area contributed by atoms with E-state index in [0.717, 1.165) is 0 Å². The Bertz CT molecular complexity index is 4530. The Labute approximate surface area is 431 Å². The number of hydrogen-bond acceptors (Lipinski definition) is 0. The Hall–Kier alpha value is -8.98. The molecule has 2 heterocycles. The van der Waals surface area contributed by atoms with E-state index in [1.807, 2.05) is 0 Å². The van der Waals surface area contributed by atoms with Gasteiger partial charge in [-0.25, -0.2) is 0 Å². The smallest absolute Gasteiger partial charge is 0.0541 e. The van der Waals surface area contributed by atoms with Gasteiger partial charge in [-0.1, -0.05) is 198 Å². The average Bonchev–Trinajstić information content (AvgIpc) is 4.10. The Morgan fingerprint density at radius 2 is 0.716 bits per heavy atom. The molecule has 2 aromatic heterocycles. The van der Waals surface area contributed by atoms with Crippen molar-refractivity contribution < 1.29 is 0 Å². The van der Waals surface area contributed by atoms with Crippen LogP contribution in [0.1, 0.15) is 61.1 Å². The molecule has 15 rings (SSSR count). The normalized spacial score (nSPS) is 14.1. The molecule has 0 radical (unpaired) electrons. The third kappa shape index (κ3) is 6.24. The average molecular weight is 945 g/mol. The van der Waals surface area contributed by atoms with Crippen molar-refractivity contribution >= 4 is 66.5 Å². The monoisotopic (exact) mass is 944 g/mol. The maximum absolute atomic E-state index is 2.47. The molecule has 350 valence electrons. The third-order valence-corrected chi connectivity index (χ3v) is 16.9. The predicted octanol–water partition coefficient (Wildman–Crippen LogP) is 19.2. The zero-order valence-corrected chi connectivity index (χ0v) is 42.0. The van der Waals surface area contributed by atoms with E-state index >= 15 is 0 Å². The maximum atomic E-state index is 2.47. The van der Waals surface area contributed by atoms with Crippen LogP contribution in [0.15, 0.2) is 231 Å². The van der Waals surface area contributed by atoms with Gasteiger partial charge in [0.05, 0.1) is 27.8 Å². The number of aromatic nitrogens is 2. The second-order valence-corrected chi connectivity index (χ2v) is 21.7. The van der Waals surface area contributed by atoms with Crippen LogP contribution in [-0.2, 0) is 10.8 Å². The molecule has 2 heteroatoms. The van der Waals surface area contributed by atoms with E-state index in [2.05, 4.69) is 280 Å². The lowest BCUT2D eigenvalue weighted by Crippen LogP contribution is -2.15. The van der Waals surface area contributed by atoms with Gasteiger partial charge in [-0.2, -0.15) is 0 Å². The van der Waals surface area contributed by atoms with Gasteiger partial charge in [0.15, 0.2) is 0 Å². The number of nitrogens with zero attached hydrogens (tertiary/aromatic N) is 2. The van der Waals surface area contributed by atoms with Gasteiger partial charge in [0, 0.05) is 43.4 Å². The van der Waals surface area contributed by atoms with E-state index in [4.69, 9.17) is 0 Å². The van der Waals surface area contributed by atoms with E-state index in [-0.39, 0.29) is 10.8 Å². The number of rotatable bonds is 6. The first-order chi connectivity index (χ1) is 36.2. The van der Waals surface area contributed by atoms with E-state index in [1.165, 1.54) is 144 Å². The molecule has 0 unspecified atom stereocenters. The van der Waals surface area contributed by atoms with Crippen molar-refractivity contribution in [3.05, 3.63) is 264 Å². The molecule has 0 fully saturated rings. The van der Waals surface area contributed by atoms with Crippen LogP contribution in [0.25, 0.3) is 122 Å². The van der Waals surface area contributed by atoms with Gasteiger partial charge in [-0.05, 0) is 156 Å². The molecule has 0 amide bonds. The molecule has 0 bridgehead atoms. The highest BCUT2D eigenvalue weighted by molar-refractivity contribution is 6.12. The van der Waals surface area contributed by atoms with Crippen LogP contribution in [0.2, 0.25) is 0 Å². The number of hydrogen-bond donors (Lipinski definition) is 0. The van der Waals surface area contributed by atoms with Gasteiger partial charge in [-0.3, -0.25) is 0 Å². The summed E-state index contributed by atoms with van der Waals surface area (Å²) in [6.45, 7) is 9.60. The molecule has 2 aliphatic rings. The van der Waals surface area contributed by atoms with Crippen molar-refractivity contribution in [2.45, 2.75) is 38.5 Å². The fourth-order valence-corrected chi connectivity index (χ4v) is 13.1. The minimum Gasteiger partial charge on any atom is -0.309 e. The summed E-state index contributed by atoms with van der Waals surface area (Å²) in [5, 5.41) is 7.57. The summed E-state index contributed by atoms with van der Waals surface area (Å²) in [7, 11) is 0. The number of fused-ring (bicyclic) bond motifs is 13. The summed E-state index contributed by atoms with van der Waals surface area (Å²) in [6.07, 6.45) is 4.55. The van der Waals surface area contributed by atoms with Crippen molar-refractivity contribution in [2.75, 3.05) is 0 Å². The van der Waals surface area contributed by atoms with Gasteiger partial charge in [0.1, 0.15) is 0 Å². The van der Waals surface area contributed by atoms with Gasteiger partial charge < -0.3 is 9.13 Å². The fourth-order valence-electron chi connectivity index (χ4n) is 13.1. The summed E-state index contributed by atoms with van der Waals surface area (Å²) < 4.78 is 4.82. The summed E-state index contributed by atoms with van der Waals surface area (Å²) in [4.78, 5) is 0. The first-order valence-corrected chi connectivity index (χ1v) is 26.1. The SMILES string of the molecule is CC1(C)c2cc(C=Cc3ccc4c(c3)c3ccccc3n4-c3ccccc3)ccc2-c2ccc(-c3ccc4c(c3)C(C)(C)c3cc(-c5ccc6c(c5)c5ccccc5n6-c5cccc6ccccc56)ccc3-4)cc21. The predicted molar refractivity (Wildman–Crippen MR) is 314 cm³/mol. The lowest BCUT2D eigenvalue weighted by Gasteiger charge is -2.24. The van der Waals surface area contributed by atoms with Crippen LogP contribution >= 0.6 is 0 Å². The molecule has 11 aromatic carbocycles. The van der Waals surface area contributed by atoms with Crippen molar-refractivity contribution in [3.8, 4) is 55.9 Å². The summed E-state index contributed by atoms with van der Waals surface area (Å²) in [5.41, 5.74) is 25.2. The number of benzene rings is 11. The largest absolute Gasteiger partial charge is 0.309 e. The standard InChI is InChI=1S/C72H52N2/c1-71(2)62-40-46(26-25-45-28-37-69-60(39-45)58-20-10-12-22-67(58)73(69)52-17-6-5-7-18-52)27-33-54(62)55-35-30-50(43-63(55)71)51-31-36-57-56-34-29-49(42-64(56)72(3,4)65(57)44-51)48-32-38-70-61(41-48)59-21-11-13-23-68(59)74(70)66-24-14-16-47-15-8-9-19-53(47)66/h5-44H,1-4H3. The van der Waals surface area contributed by atoms with E-state index in [1.54, 1.807) is 0 Å². The highest BCUT2D eigenvalue weighted by Gasteiger charge is 2.38. The zero-order valence-electron chi connectivity index (χ0n) is 42.0. The molecule has 2 nitrogen and oxygen atoms in total. The van der Waals surface area contributed by atoms with E-state index in [9.17, 15) is 0 Å². The van der Waals surface area contributed by atoms with Crippen molar-refractivity contribution in [1.29, 1.82) is 0 Å². The van der Waals surface area contributed by atoms with Crippen molar-refractivity contribution in [2.24, 2.45) is 0 Å². The highest BCUT2D eigenvalue weighted by Crippen LogP contribution is 2.53. The highest BCUT2D eigenvalue weighted by atomic mass is 15.0. The lowest BCUT2D eigenvalue weighted by atomic mass is 9.79. The summed E-state index contributed by atoms with van der Waals surface area (Å²) in [6, 6.07) is 86.1. The Morgan fingerprint density at radius 3 is 1.35 bits per heavy atom. The second-order valence-electron chi connectivity index (χ2n) is 21.7. The molecule has 0 saturated heterocycles. The van der Waals surface area contributed by atoms with Crippen LogP contribution in [0.5, 0.6) is 0 Å². The second kappa shape index (κ2) is 15.8. The Balaban J connectivity index is 0.725.